The van der Waals surface area contributed by atoms with Crippen molar-refractivity contribution in [3.8, 4) is 11.1 Å². The number of fused-ring (bicyclic) bond motifs is 1. The lowest BCUT2D eigenvalue weighted by Crippen LogP contribution is -2.24. The second kappa shape index (κ2) is 7.37. The number of carbonyl (C=O) groups is 1. The summed E-state index contributed by atoms with van der Waals surface area (Å²) in [6.45, 7) is 5.92. The van der Waals surface area contributed by atoms with E-state index in [1.54, 1.807) is 0 Å². The molecule has 0 radical (unpaired) electrons. The van der Waals surface area contributed by atoms with Gasteiger partial charge in [0.05, 0.1) is 18.3 Å². The van der Waals surface area contributed by atoms with Gasteiger partial charge in [0.15, 0.2) is 5.78 Å². The van der Waals surface area contributed by atoms with Gasteiger partial charge in [-0.3, -0.25) is 14.2 Å². The van der Waals surface area contributed by atoms with Gasteiger partial charge in [-0.1, -0.05) is 18.2 Å². The van der Waals surface area contributed by atoms with Crippen LogP contribution in [-0.2, 0) is 6.54 Å². The second-order valence-electron chi connectivity index (χ2n) is 7.12. The largest absolute Gasteiger partial charge is 0.292 e. The molecule has 4 aromatic rings. The van der Waals surface area contributed by atoms with Gasteiger partial charge in [-0.05, 0) is 61.7 Å². The van der Waals surface area contributed by atoms with Gasteiger partial charge in [0.25, 0.3) is 5.56 Å². The van der Waals surface area contributed by atoms with Crippen molar-refractivity contribution < 1.29 is 9.18 Å². The third-order valence-corrected chi connectivity index (χ3v) is 6.14. The minimum atomic E-state index is -0.409. The van der Waals surface area contributed by atoms with Gasteiger partial charge in [-0.25, -0.2) is 9.37 Å². The molecule has 2 heterocycles. The van der Waals surface area contributed by atoms with Gasteiger partial charge >= 0.3 is 0 Å². The number of nitrogens with zero attached hydrogens (tertiary/aromatic N) is 2. The van der Waals surface area contributed by atoms with Crippen LogP contribution in [0.15, 0.2) is 53.6 Å². The number of benzene rings is 2. The molecule has 0 unspecified atom stereocenters. The molecule has 2 aromatic heterocycles. The Morgan fingerprint density at radius 3 is 2.48 bits per heavy atom. The lowest BCUT2D eigenvalue weighted by molar-refractivity contribution is 0.0970. The fraction of sp³-hybridized carbons (Fsp3) is 0.174. The highest BCUT2D eigenvalue weighted by atomic mass is 32.1. The van der Waals surface area contributed by atoms with Crippen LogP contribution in [0.4, 0.5) is 4.39 Å². The SMILES string of the molecule is Cc1ccc(-c2c(C)sc3ncn(CC(=O)c4ccc(F)cc4)c(=O)c23)cc1C. The van der Waals surface area contributed by atoms with E-state index in [4.69, 9.17) is 0 Å². The summed E-state index contributed by atoms with van der Waals surface area (Å²) in [6, 6.07) is 11.4. The monoisotopic (exact) mass is 406 g/mol. The highest BCUT2D eigenvalue weighted by Crippen LogP contribution is 2.36. The number of rotatable bonds is 4. The molecule has 0 aliphatic heterocycles. The summed E-state index contributed by atoms with van der Waals surface area (Å²) in [7, 11) is 0. The van der Waals surface area contributed by atoms with Crippen molar-refractivity contribution in [3.63, 3.8) is 0 Å². The van der Waals surface area contributed by atoms with Crippen molar-refractivity contribution in [3.05, 3.63) is 86.5 Å². The maximum absolute atomic E-state index is 13.2. The molecule has 6 heteroatoms. The zero-order chi connectivity index (χ0) is 20.7. The highest BCUT2D eigenvalue weighted by Gasteiger charge is 2.18. The molecule has 2 aromatic carbocycles. The zero-order valence-corrected chi connectivity index (χ0v) is 17.1. The first-order chi connectivity index (χ1) is 13.8. The fourth-order valence-corrected chi connectivity index (χ4v) is 4.38. The fourth-order valence-electron chi connectivity index (χ4n) is 3.38. The first kappa shape index (κ1) is 19.2. The number of aromatic nitrogens is 2. The Kier molecular flexibility index (Phi) is 4.88. The normalized spacial score (nSPS) is 11.2. The molecule has 146 valence electrons. The van der Waals surface area contributed by atoms with Gasteiger partial charge in [0, 0.05) is 16.0 Å². The maximum Gasteiger partial charge on any atom is 0.263 e. The quantitative estimate of drug-likeness (QED) is 0.445. The molecule has 0 spiro atoms. The predicted molar refractivity (Wildman–Crippen MR) is 114 cm³/mol. The number of ketones is 1. The van der Waals surface area contributed by atoms with Crippen LogP contribution in [-0.4, -0.2) is 15.3 Å². The van der Waals surface area contributed by atoms with E-state index < -0.39 is 5.82 Å². The van der Waals surface area contributed by atoms with Gasteiger partial charge in [-0.2, -0.15) is 0 Å². The number of carbonyl (C=O) groups excluding carboxylic acids is 1. The average molecular weight is 406 g/mol. The molecule has 0 N–H and O–H groups in total. The van der Waals surface area contributed by atoms with Crippen LogP contribution >= 0.6 is 11.3 Å². The van der Waals surface area contributed by atoms with Crippen LogP contribution in [0.2, 0.25) is 0 Å². The van der Waals surface area contributed by atoms with Crippen molar-refractivity contribution >= 4 is 27.3 Å². The molecule has 29 heavy (non-hydrogen) atoms. The molecule has 4 rings (SSSR count). The van der Waals surface area contributed by atoms with E-state index in [0.29, 0.717) is 15.8 Å². The highest BCUT2D eigenvalue weighted by molar-refractivity contribution is 7.19. The Bertz CT molecular complexity index is 1300. The van der Waals surface area contributed by atoms with Gasteiger partial charge < -0.3 is 0 Å². The van der Waals surface area contributed by atoms with E-state index in [9.17, 15) is 14.0 Å². The van der Waals surface area contributed by atoms with Crippen LogP contribution in [0, 0.1) is 26.6 Å². The Morgan fingerprint density at radius 1 is 1.07 bits per heavy atom. The molecule has 0 saturated heterocycles. The Hall–Kier alpha value is -3.12. The van der Waals surface area contributed by atoms with Crippen LogP contribution in [0.25, 0.3) is 21.3 Å². The van der Waals surface area contributed by atoms with Gasteiger partial charge in [-0.15, -0.1) is 11.3 Å². The number of halogens is 1. The Labute approximate surface area is 171 Å². The van der Waals surface area contributed by atoms with Crippen LogP contribution in [0.1, 0.15) is 26.4 Å². The number of hydrogen-bond donors (Lipinski definition) is 0. The number of aryl methyl sites for hydroxylation is 3. The number of hydrogen-bond acceptors (Lipinski definition) is 4. The van der Waals surface area contributed by atoms with Crippen molar-refractivity contribution in [1.82, 2.24) is 9.55 Å². The third-order valence-electron chi connectivity index (χ3n) is 5.13. The lowest BCUT2D eigenvalue weighted by Gasteiger charge is -2.08. The average Bonchev–Trinajstić information content (AvgIpc) is 3.03. The minimum Gasteiger partial charge on any atom is -0.292 e. The molecule has 0 saturated carbocycles. The molecule has 0 atom stereocenters. The van der Waals surface area contributed by atoms with Crippen LogP contribution in [0.5, 0.6) is 0 Å². The minimum absolute atomic E-state index is 0.144. The summed E-state index contributed by atoms with van der Waals surface area (Å²) in [6.07, 6.45) is 1.41. The molecule has 0 amide bonds. The maximum atomic E-state index is 13.2. The van der Waals surface area contributed by atoms with E-state index in [1.807, 2.05) is 32.9 Å². The summed E-state index contributed by atoms with van der Waals surface area (Å²) in [5, 5.41) is 0.533. The zero-order valence-electron chi connectivity index (χ0n) is 16.3. The van der Waals surface area contributed by atoms with Gasteiger partial charge in [0.1, 0.15) is 10.6 Å². The van der Waals surface area contributed by atoms with E-state index in [0.717, 1.165) is 21.6 Å². The first-order valence-electron chi connectivity index (χ1n) is 9.20. The second-order valence-corrected chi connectivity index (χ2v) is 8.32. The van der Waals surface area contributed by atoms with Crippen molar-refractivity contribution in [2.24, 2.45) is 0 Å². The van der Waals surface area contributed by atoms with E-state index in [1.165, 1.54) is 52.1 Å². The predicted octanol–water partition coefficient (Wildman–Crippen LogP) is 5.07. The molecule has 0 bridgehead atoms. The number of Topliss-reactive ketones (excluding diaryl/α,β-unsaturated/α-hetero) is 1. The van der Waals surface area contributed by atoms with Crippen LogP contribution in [0.3, 0.4) is 0 Å². The summed E-state index contributed by atoms with van der Waals surface area (Å²) in [4.78, 5) is 31.9. The topological polar surface area (TPSA) is 52.0 Å². The molecule has 0 aliphatic carbocycles. The summed E-state index contributed by atoms with van der Waals surface area (Å²) in [5.74, 6) is -0.679. The number of thiophene rings is 1. The Balaban J connectivity index is 1.81. The van der Waals surface area contributed by atoms with E-state index >= 15 is 0 Å². The smallest absolute Gasteiger partial charge is 0.263 e. The van der Waals surface area contributed by atoms with Gasteiger partial charge in [0.2, 0.25) is 0 Å². The Morgan fingerprint density at radius 2 is 1.79 bits per heavy atom. The van der Waals surface area contributed by atoms with E-state index in [-0.39, 0.29) is 17.9 Å². The van der Waals surface area contributed by atoms with Crippen molar-refractivity contribution in [2.45, 2.75) is 27.3 Å². The first-order valence-corrected chi connectivity index (χ1v) is 10.0. The molecular weight excluding hydrogens is 387 g/mol. The van der Waals surface area contributed by atoms with Crippen molar-refractivity contribution in [1.29, 1.82) is 0 Å². The third kappa shape index (κ3) is 3.51. The standard InChI is InChI=1S/C23H19FN2O2S/c1-13-4-5-17(10-14(13)2)20-15(3)29-22-21(20)23(28)26(12-25-22)11-19(27)16-6-8-18(24)9-7-16/h4-10,12H,11H2,1-3H3. The van der Waals surface area contributed by atoms with Crippen molar-refractivity contribution in [2.75, 3.05) is 0 Å². The molecule has 0 fully saturated rings. The molecular formula is C23H19FN2O2S. The molecule has 0 aliphatic rings. The summed E-state index contributed by atoms with van der Waals surface area (Å²) in [5.41, 5.74) is 4.29. The molecule has 4 nitrogen and oxygen atoms in total. The lowest BCUT2D eigenvalue weighted by atomic mass is 9.99. The van der Waals surface area contributed by atoms with Crippen LogP contribution < -0.4 is 5.56 Å². The summed E-state index contributed by atoms with van der Waals surface area (Å²) < 4.78 is 14.4. The van der Waals surface area contributed by atoms with E-state index in [2.05, 4.69) is 11.1 Å². The summed E-state index contributed by atoms with van der Waals surface area (Å²) >= 11 is 1.47.